The zero-order chi connectivity index (χ0) is 22.1. The van der Waals surface area contributed by atoms with Crippen LogP contribution >= 0.6 is 0 Å². The minimum Gasteiger partial charge on any atom is -0.377 e. The molecule has 5 heterocycles. The van der Waals surface area contributed by atoms with Crippen molar-refractivity contribution in [3.05, 3.63) is 49.1 Å². The van der Waals surface area contributed by atoms with E-state index in [0.717, 1.165) is 16.8 Å². The molecule has 0 bridgehead atoms. The monoisotopic (exact) mass is 436 g/mol. The first-order valence-electron chi connectivity index (χ1n) is 10.8. The number of hydrogen-bond acceptors (Lipinski definition) is 8. The van der Waals surface area contributed by atoms with Crippen LogP contribution in [0.2, 0.25) is 0 Å². The van der Waals surface area contributed by atoms with Crippen LogP contribution in [0, 0.1) is 5.95 Å². The van der Waals surface area contributed by atoms with Gasteiger partial charge in [-0.25, -0.2) is 9.97 Å². The molecule has 9 heteroatoms. The molecule has 3 aromatic rings. The molecule has 2 fully saturated rings. The summed E-state index contributed by atoms with van der Waals surface area (Å²) in [6.07, 6.45) is 3.36. The Kier molecular flexibility index (Phi) is 5.67. The predicted octanol–water partition coefficient (Wildman–Crippen LogP) is 2.84. The summed E-state index contributed by atoms with van der Waals surface area (Å²) < 4.78 is 24.5. The van der Waals surface area contributed by atoms with Crippen LogP contribution in [0.25, 0.3) is 22.3 Å². The molecule has 8 nitrogen and oxygen atoms in total. The van der Waals surface area contributed by atoms with E-state index in [1.807, 2.05) is 18.2 Å². The first kappa shape index (κ1) is 20.7. The molecule has 0 unspecified atom stereocenters. The highest BCUT2D eigenvalue weighted by molar-refractivity contribution is 5.90. The molecule has 0 N–H and O–H groups in total. The lowest BCUT2D eigenvalue weighted by molar-refractivity contribution is 0.0980. The molecule has 2 atom stereocenters. The minimum atomic E-state index is -0.523. The molecule has 0 amide bonds. The maximum Gasteiger partial charge on any atom is 0.229 e. The molecule has 2 saturated heterocycles. The third-order valence-corrected chi connectivity index (χ3v) is 5.89. The van der Waals surface area contributed by atoms with Gasteiger partial charge in [0.05, 0.1) is 49.6 Å². The minimum absolute atomic E-state index is 0.0118. The fourth-order valence-corrected chi connectivity index (χ4v) is 4.12. The molecule has 0 aromatic carbocycles. The zero-order valence-corrected chi connectivity index (χ0v) is 17.9. The van der Waals surface area contributed by atoms with Gasteiger partial charge in [0, 0.05) is 24.8 Å². The molecule has 3 aromatic heterocycles. The summed E-state index contributed by atoms with van der Waals surface area (Å²) in [5.41, 5.74) is 1.99. The molecular weight excluding hydrogens is 411 g/mol. The number of ether oxygens (including phenoxy) is 2. The van der Waals surface area contributed by atoms with Gasteiger partial charge in [0.15, 0.2) is 5.65 Å². The van der Waals surface area contributed by atoms with Gasteiger partial charge in [-0.1, -0.05) is 6.08 Å². The SMILES string of the molecule is C=C[C@H]1COCCN1c1nc(N2CCOC[C@@H]2C)nc2nc(-c3ccc(F)nc3)ccc12. The summed E-state index contributed by atoms with van der Waals surface area (Å²) in [6.45, 7) is 9.92. The van der Waals surface area contributed by atoms with Crippen LogP contribution in [0.3, 0.4) is 0 Å². The summed E-state index contributed by atoms with van der Waals surface area (Å²) in [6, 6.07) is 7.02. The van der Waals surface area contributed by atoms with Gasteiger partial charge in [-0.3, -0.25) is 0 Å². The lowest BCUT2D eigenvalue weighted by Gasteiger charge is -2.37. The first-order chi connectivity index (χ1) is 15.6. The maximum absolute atomic E-state index is 13.3. The highest BCUT2D eigenvalue weighted by Gasteiger charge is 2.28. The smallest absolute Gasteiger partial charge is 0.229 e. The second-order valence-electron chi connectivity index (χ2n) is 7.97. The Labute approximate surface area is 185 Å². The number of anilines is 2. The van der Waals surface area contributed by atoms with E-state index in [4.69, 9.17) is 24.4 Å². The predicted molar refractivity (Wildman–Crippen MR) is 120 cm³/mol. The van der Waals surface area contributed by atoms with E-state index in [2.05, 4.69) is 28.3 Å². The highest BCUT2D eigenvalue weighted by Crippen LogP contribution is 2.31. The van der Waals surface area contributed by atoms with Crippen LogP contribution in [-0.4, -0.2) is 71.5 Å². The molecule has 166 valence electrons. The molecule has 0 spiro atoms. The Morgan fingerprint density at radius 1 is 1.03 bits per heavy atom. The third kappa shape index (κ3) is 3.89. The number of hydrogen-bond donors (Lipinski definition) is 0. The van der Waals surface area contributed by atoms with E-state index in [-0.39, 0.29) is 12.1 Å². The lowest BCUT2D eigenvalue weighted by Crippen LogP contribution is -2.46. The standard InChI is InChI=1S/C23H25FN6O2/c1-3-17-14-32-11-9-30(17)22-18-5-6-19(16-4-7-20(24)25-12-16)26-21(18)27-23(28-22)29-8-10-31-13-15(29)2/h3-7,12,15,17H,1,8-11,13-14H2,2H3/t15-,17-/m0/s1. The number of aromatic nitrogens is 4. The largest absolute Gasteiger partial charge is 0.377 e. The Hall–Kier alpha value is -3.17. The van der Waals surface area contributed by atoms with Gasteiger partial charge in [-0.05, 0) is 31.2 Å². The van der Waals surface area contributed by atoms with Gasteiger partial charge in [-0.2, -0.15) is 14.4 Å². The van der Waals surface area contributed by atoms with Gasteiger partial charge in [0.1, 0.15) is 5.82 Å². The summed E-state index contributed by atoms with van der Waals surface area (Å²) in [5, 5.41) is 0.849. The second kappa shape index (κ2) is 8.76. The number of halogens is 1. The molecule has 0 radical (unpaired) electrons. The van der Waals surface area contributed by atoms with Gasteiger partial charge in [-0.15, -0.1) is 6.58 Å². The summed E-state index contributed by atoms with van der Waals surface area (Å²) in [5.74, 6) is 0.915. The fraction of sp³-hybridized carbons (Fsp3) is 0.391. The topological polar surface area (TPSA) is 76.5 Å². The molecule has 32 heavy (non-hydrogen) atoms. The Morgan fingerprint density at radius 2 is 1.84 bits per heavy atom. The van der Waals surface area contributed by atoms with Gasteiger partial charge >= 0.3 is 0 Å². The van der Waals surface area contributed by atoms with E-state index in [9.17, 15) is 4.39 Å². The van der Waals surface area contributed by atoms with Crippen LogP contribution in [0.5, 0.6) is 0 Å². The molecule has 0 saturated carbocycles. The van der Waals surface area contributed by atoms with Crippen molar-refractivity contribution in [2.75, 3.05) is 49.3 Å². The number of pyridine rings is 2. The summed E-state index contributed by atoms with van der Waals surface area (Å²) >= 11 is 0. The van der Waals surface area contributed by atoms with Crippen LogP contribution in [0.1, 0.15) is 6.92 Å². The van der Waals surface area contributed by atoms with Crippen LogP contribution in [0.4, 0.5) is 16.2 Å². The van der Waals surface area contributed by atoms with E-state index in [1.165, 1.54) is 12.3 Å². The molecular formula is C23H25FN6O2. The van der Waals surface area contributed by atoms with Crippen molar-refractivity contribution in [3.8, 4) is 11.3 Å². The van der Waals surface area contributed by atoms with E-state index in [1.54, 1.807) is 6.07 Å². The van der Waals surface area contributed by atoms with Gasteiger partial charge < -0.3 is 19.3 Å². The highest BCUT2D eigenvalue weighted by atomic mass is 19.1. The average Bonchev–Trinajstić information content (AvgIpc) is 2.83. The van der Waals surface area contributed by atoms with Crippen molar-refractivity contribution in [1.82, 2.24) is 19.9 Å². The number of morpholine rings is 2. The number of nitrogens with zero attached hydrogens (tertiary/aromatic N) is 6. The fourth-order valence-electron chi connectivity index (χ4n) is 4.12. The quantitative estimate of drug-likeness (QED) is 0.457. The van der Waals surface area contributed by atoms with Crippen molar-refractivity contribution in [1.29, 1.82) is 0 Å². The van der Waals surface area contributed by atoms with Crippen molar-refractivity contribution in [2.45, 2.75) is 19.0 Å². The average molecular weight is 436 g/mol. The number of fused-ring (bicyclic) bond motifs is 1. The lowest BCUT2D eigenvalue weighted by atomic mass is 10.1. The Bertz CT molecular complexity index is 1130. The van der Waals surface area contributed by atoms with Gasteiger partial charge in [0.25, 0.3) is 0 Å². The second-order valence-corrected chi connectivity index (χ2v) is 7.97. The van der Waals surface area contributed by atoms with Crippen molar-refractivity contribution in [3.63, 3.8) is 0 Å². The first-order valence-corrected chi connectivity index (χ1v) is 10.8. The van der Waals surface area contributed by atoms with E-state index < -0.39 is 5.95 Å². The number of rotatable bonds is 4. The van der Waals surface area contributed by atoms with Gasteiger partial charge in [0.2, 0.25) is 11.9 Å². The third-order valence-electron chi connectivity index (χ3n) is 5.89. The molecule has 5 rings (SSSR count). The van der Waals surface area contributed by atoms with Crippen LogP contribution in [-0.2, 0) is 9.47 Å². The maximum atomic E-state index is 13.3. The molecule has 2 aliphatic rings. The summed E-state index contributed by atoms with van der Waals surface area (Å²) in [4.78, 5) is 22.7. The normalized spacial score (nSPS) is 21.7. The van der Waals surface area contributed by atoms with Crippen molar-refractivity contribution >= 4 is 22.8 Å². The van der Waals surface area contributed by atoms with Crippen LogP contribution in [0.15, 0.2) is 43.1 Å². The van der Waals surface area contributed by atoms with E-state index >= 15 is 0 Å². The van der Waals surface area contributed by atoms with Crippen molar-refractivity contribution < 1.29 is 13.9 Å². The molecule has 0 aliphatic carbocycles. The van der Waals surface area contributed by atoms with Crippen LogP contribution < -0.4 is 9.80 Å². The van der Waals surface area contributed by atoms with Crippen molar-refractivity contribution in [2.24, 2.45) is 0 Å². The van der Waals surface area contributed by atoms with E-state index in [0.29, 0.717) is 56.8 Å². The zero-order valence-electron chi connectivity index (χ0n) is 17.9. The molecule has 2 aliphatic heterocycles. The Balaban J connectivity index is 1.66. The summed E-state index contributed by atoms with van der Waals surface area (Å²) in [7, 11) is 0. The Morgan fingerprint density at radius 3 is 2.59 bits per heavy atom.